The summed E-state index contributed by atoms with van der Waals surface area (Å²) < 4.78 is 25.0. The fraction of sp³-hybridized carbons (Fsp3) is 0.615. The van der Waals surface area contributed by atoms with Crippen LogP contribution in [0.5, 0.6) is 0 Å². The van der Waals surface area contributed by atoms with Gasteiger partial charge in [0.1, 0.15) is 10.7 Å². The van der Waals surface area contributed by atoms with Crippen LogP contribution in [0.15, 0.2) is 23.2 Å². The Morgan fingerprint density at radius 3 is 2.80 bits per heavy atom. The van der Waals surface area contributed by atoms with E-state index in [-0.39, 0.29) is 4.90 Å². The molecule has 2 heterocycles. The summed E-state index contributed by atoms with van der Waals surface area (Å²) in [5.41, 5.74) is 0. The molecule has 1 aliphatic rings. The van der Waals surface area contributed by atoms with Gasteiger partial charge in [0, 0.05) is 32.9 Å². The summed E-state index contributed by atoms with van der Waals surface area (Å²) in [5.74, 6) is 0.709. The molecule has 0 amide bonds. The lowest BCUT2D eigenvalue weighted by Crippen LogP contribution is -2.24. The second kappa shape index (κ2) is 6.51. The molecule has 0 unspecified atom stereocenters. The van der Waals surface area contributed by atoms with Crippen molar-refractivity contribution in [3.05, 3.63) is 18.3 Å². The van der Waals surface area contributed by atoms with Crippen molar-refractivity contribution in [2.75, 3.05) is 32.5 Å². The summed E-state index contributed by atoms with van der Waals surface area (Å²) in [6.07, 6.45) is 4.93. The van der Waals surface area contributed by atoms with Crippen LogP contribution in [-0.2, 0) is 10.0 Å². The summed E-state index contributed by atoms with van der Waals surface area (Å²) in [7, 11) is -0.374. The molecule has 1 saturated heterocycles. The first-order valence-corrected chi connectivity index (χ1v) is 8.30. The van der Waals surface area contributed by atoms with Crippen molar-refractivity contribution in [2.45, 2.75) is 30.2 Å². The predicted octanol–water partition coefficient (Wildman–Crippen LogP) is 0.886. The zero-order valence-corrected chi connectivity index (χ0v) is 12.8. The van der Waals surface area contributed by atoms with Gasteiger partial charge in [-0.05, 0) is 37.9 Å². The van der Waals surface area contributed by atoms with Gasteiger partial charge in [-0.1, -0.05) is 0 Å². The highest BCUT2D eigenvalue weighted by molar-refractivity contribution is 7.89. The minimum atomic E-state index is -3.39. The van der Waals surface area contributed by atoms with E-state index in [0.717, 1.165) is 19.5 Å². The maximum Gasteiger partial charge on any atom is 0.244 e. The van der Waals surface area contributed by atoms with Gasteiger partial charge in [0.2, 0.25) is 10.0 Å². The van der Waals surface area contributed by atoms with E-state index in [1.54, 1.807) is 12.1 Å². The quantitative estimate of drug-likeness (QED) is 0.816. The SMILES string of the molecule is CN(C)S(=O)(=O)c1ccc(NCC[C@@H]2CCCN2)nc1. The van der Waals surface area contributed by atoms with Crippen molar-refractivity contribution in [1.82, 2.24) is 14.6 Å². The first-order valence-electron chi connectivity index (χ1n) is 6.86. The van der Waals surface area contributed by atoms with Gasteiger partial charge in [-0.25, -0.2) is 17.7 Å². The largest absolute Gasteiger partial charge is 0.370 e. The van der Waals surface area contributed by atoms with E-state index >= 15 is 0 Å². The summed E-state index contributed by atoms with van der Waals surface area (Å²) in [5, 5.41) is 6.66. The van der Waals surface area contributed by atoms with Gasteiger partial charge >= 0.3 is 0 Å². The first kappa shape index (κ1) is 15.2. The van der Waals surface area contributed by atoms with Crippen molar-refractivity contribution in [3.63, 3.8) is 0 Å². The van der Waals surface area contributed by atoms with E-state index in [1.807, 2.05) is 0 Å². The van der Waals surface area contributed by atoms with E-state index in [0.29, 0.717) is 11.9 Å². The second-order valence-electron chi connectivity index (χ2n) is 5.18. The third kappa shape index (κ3) is 3.68. The van der Waals surface area contributed by atoms with Crippen LogP contribution in [0.25, 0.3) is 0 Å². The number of nitrogens with zero attached hydrogens (tertiary/aromatic N) is 2. The molecular formula is C13H22N4O2S. The zero-order valence-electron chi connectivity index (χ0n) is 12.0. The number of anilines is 1. The van der Waals surface area contributed by atoms with Gasteiger partial charge in [-0.2, -0.15) is 0 Å². The van der Waals surface area contributed by atoms with E-state index < -0.39 is 10.0 Å². The maximum atomic E-state index is 11.9. The number of nitrogens with one attached hydrogen (secondary N) is 2. The van der Waals surface area contributed by atoms with Crippen LogP contribution in [0, 0.1) is 0 Å². The Morgan fingerprint density at radius 1 is 1.45 bits per heavy atom. The van der Waals surface area contributed by atoms with Crippen molar-refractivity contribution in [3.8, 4) is 0 Å². The highest BCUT2D eigenvalue weighted by atomic mass is 32.2. The van der Waals surface area contributed by atoms with Gasteiger partial charge in [-0.3, -0.25) is 0 Å². The van der Waals surface area contributed by atoms with Crippen LogP contribution in [0.4, 0.5) is 5.82 Å². The lowest BCUT2D eigenvalue weighted by atomic mass is 10.1. The smallest absolute Gasteiger partial charge is 0.244 e. The van der Waals surface area contributed by atoms with Crippen molar-refractivity contribution in [2.24, 2.45) is 0 Å². The second-order valence-corrected chi connectivity index (χ2v) is 7.33. The topological polar surface area (TPSA) is 74.3 Å². The highest BCUT2D eigenvalue weighted by Crippen LogP contribution is 2.14. The lowest BCUT2D eigenvalue weighted by molar-refractivity contribution is 0.520. The maximum absolute atomic E-state index is 11.9. The lowest BCUT2D eigenvalue weighted by Gasteiger charge is -2.13. The Kier molecular flexibility index (Phi) is 4.95. The molecule has 112 valence electrons. The zero-order chi connectivity index (χ0) is 14.6. The Morgan fingerprint density at radius 2 is 2.25 bits per heavy atom. The van der Waals surface area contributed by atoms with E-state index in [1.165, 1.54) is 37.4 Å². The molecule has 0 aromatic carbocycles. The molecule has 0 spiro atoms. The molecule has 0 saturated carbocycles. The molecule has 1 aromatic rings. The van der Waals surface area contributed by atoms with Gasteiger partial charge in [0.15, 0.2) is 0 Å². The normalized spacial score (nSPS) is 19.4. The highest BCUT2D eigenvalue weighted by Gasteiger charge is 2.17. The first-order chi connectivity index (χ1) is 9.50. The van der Waals surface area contributed by atoms with Crippen molar-refractivity contribution in [1.29, 1.82) is 0 Å². The van der Waals surface area contributed by atoms with Crippen LogP contribution >= 0.6 is 0 Å². The average molecular weight is 298 g/mol. The minimum absolute atomic E-state index is 0.213. The van der Waals surface area contributed by atoms with Gasteiger partial charge in [-0.15, -0.1) is 0 Å². The van der Waals surface area contributed by atoms with Crippen molar-refractivity contribution < 1.29 is 8.42 Å². The van der Waals surface area contributed by atoms with E-state index in [4.69, 9.17) is 0 Å². The monoisotopic (exact) mass is 298 g/mol. The number of hydrogen-bond donors (Lipinski definition) is 2. The molecule has 0 aliphatic carbocycles. The van der Waals surface area contributed by atoms with Crippen LogP contribution in [0.1, 0.15) is 19.3 Å². The standard InChI is InChI=1S/C13H22N4O2S/c1-17(2)20(18,19)12-5-6-13(16-10-12)15-9-7-11-4-3-8-14-11/h5-6,10-11,14H,3-4,7-9H2,1-2H3,(H,15,16)/t11-/m0/s1. The molecule has 7 heteroatoms. The molecule has 0 bridgehead atoms. The number of aromatic nitrogens is 1. The Labute approximate surface area is 120 Å². The molecule has 6 nitrogen and oxygen atoms in total. The molecule has 2 N–H and O–H groups in total. The number of hydrogen-bond acceptors (Lipinski definition) is 5. The summed E-state index contributed by atoms with van der Waals surface area (Å²) in [4.78, 5) is 4.37. The fourth-order valence-corrected chi connectivity index (χ4v) is 3.07. The third-order valence-electron chi connectivity index (χ3n) is 3.48. The van der Waals surface area contributed by atoms with Crippen LogP contribution in [0.2, 0.25) is 0 Å². The van der Waals surface area contributed by atoms with Crippen LogP contribution in [-0.4, -0.2) is 50.9 Å². The Balaban J connectivity index is 1.88. The molecule has 0 radical (unpaired) electrons. The summed E-state index contributed by atoms with van der Waals surface area (Å²) >= 11 is 0. The summed E-state index contributed by atoms with van der Waals surface area (Å²) in [6, 6.07) is 3.88. The van der Waals surface area contributed by atoms with Crippen LogP contribution < -0.4 is 10.6 Å². The molecule has 1 atom stereocenters. The van der Waals surface area contributed by atoms with Gasteiger partial charge < -0.3 is 10.6 Å². The van der Waals surface area contributed by atoms with E-state index in [9.17, 15) is 8.42 Å². The minimum Gasteiger partial charge on any atom is -0.370 e. The average Bonchev–Trinajstić information content (AvgIpc) is 2.92. The van der Waals surface area contributed by atoms with Crippen LogP contribution in [0.3, 0.4) is 0 Å². The number of pyridine rings is 1. The predicted molar refractivity (Wildman–Crippen MR) is 79.2 cm³/mol. The molecule has 1 aliphatic heterocycles. The fourth-order valence-electron chi connectivity index (χ4n) is 2.23. The Hall–Kier alpha value is -1.18. The van der Waals surface area contributed by atoms with Gasteiger partial charge in [0.25, 0.3) is 0 Å². The van der Waals surface area contributed by atoms with Crippen molar-refractivity contribution >= 4 is 15.8 Å². The molecule has 20 heavy (non-hydrogen) atoms. The number of sulfonamides is 1. The van der Waals surface area contributed by atoms with E-state index in [2.05, 4.69) is 15.6 Å². The third-order valence-corrected chi connectivity index (χ3v) is 5.27. The molecular weight excluding hydrogens is 276 g/mol. The molecule has 1 fully saturated rings. The summed E-state index contributed by atoms with van der Waals surface area (Å²) in [6.45, 7) is 1.95. The Bertz CT molecular complexity index is 522. The number of rotatable bonds is 6. The molecule has 1 aromatic heterocycles. The van der Waals surface area contributed by atoms with Gasteiger partial charge in [0.05, 0.1) is 0 Å². The molecule has 2 rings (SSSR count).